The van der Waals surface area contributed by atoms with Crippen molar-refractivity contribution in [3.05, 3.63) is 54.0 Å². The summed E-state index contributed by atoms with van der Waals surface area (Å²) in [5.41, 5.74) is 1.93. The summed E-state index contributed by atoms with van der Waals surface area (Å²) in [6.45, 7) is 2.41. The second kappa shape index (κ2) is 6.69. The number of benzene rings is 1. The molecule has 5 heteroatoms. The largest absolute Gasteiger partial charge is 0.467 e. The molecule has 1 aliphatic carbocycles. The molecule has 0 saturated heterocycles. The van der Waals surface area contributed by atoms with Crippen LogP contribution in [0.3, 0.4) is 0 Å². The topological polar surface area (TPSA) is 71.3 Å². The van der Waals surface area contributed by atoms with Gasteiger partial charge in [-0.05, 0) is 36.6 Å². The van der Waals surface area contributed by atoms with Gasteiger partial charge in [0.05, 0.1) is 24.6 Å². The third kappa shape index (κ3) is 3.62. The zero-order valence-corrected chi connectivity index (χ0v) is 13.0. The molecule has 2 atom stereocenters. The van der Waals surface area contributed by atoms with Crippen LogP contribution >= 0.6 is 0 Å². The minimum absolute atomic E-state index is 0.0796. The van der Waals surface area contributed by atoms with E-state index in [9.17, 15) is 9.59 Å². The monoisotopic (exact) mass is 312 g/mol. The second-order valence-electron chi connectivity index (χ2n) is 5.75. The Bertz CT molecular complexity index is 694. The van der Waals surface area contributed by atoms with Crippen molar-refractivity contribution in [3.8, 4) is 0 Å². The molecule has 1 aromatic carbocycles. The third-order valence-corrected chi connectivity index (χ3v) is 4.14. The normalized spacial score (nSPS) is 19.2. The van der Waals surface area contributed by atoms with Crippen LogP contribution in [-0.4, -0.2) is 11.8 Å². The molecular weight excluding hydrogens is 292 g/mol. The summed E-state index contributed by atoms with van der Waals surface area (Å²) in [7, 11) is 0. The van der Waals surface area contributed by atoms with Gasteiger partial charge in [0.15, 0.2) is 0 Å². The fourth-order valence-corrected chi connectivity index (χ4v) is 2.67. The van der Waals surface area contributed by atoms with Crippen molar-refractivity contribution >= 4 is 17.5 Å². The van der Waals surface area contributed by atoms with E-state index in [1.165, 1.54) is 0 Å². The van der Waals surface area contributed by atoms with Crippen LogP contribution < -0.4 is 10.6 Å². The fourth-order valence-electron chi connectivity index (χ4n) is 2.67. The van der Waals surface area contributed by atoms with E-state index in [2.05, 4.69) is 10.6 Å². The molecule has 2 amide bonds. The molecule has 1 aliphatic rings. The highest BCUT2D eigenvalue weighted by molar-refractivity contribution is 5.99. The second-order valence-corrected chi connectivity index (χ2v) is 5.75. The van der Waals surface area contributed by atoms with Crippen LogP contribution in [-0.2, 0) is 22.6 Å². The van der Waals surface area contributed by atoms with E-state index in [4.69, 9.17) is 4.42 Å². The number of aryl methyl sites for hydroxylation is 1. The first-order valence-electron chi connectivity index (χ1n) is 7.88. The number of amides is 2. The molecule has 120 valence electrons. The molecule has 1 saturated carbocycles. The quantitative estimate of drug-likeness (QED) is 0.861. The summed E-state index contributed by atoms with van der Waals surface area (Å²) >= 11 is 0. The lowest BCUT2D eigenvalue weighted by Gasteiger charge is -2.09. The smallest absolute Gasteiger partial charge is 0.228 e. The summed E-state index contributed by atoms with van der Waals surface area (Å²) in [6, 6.07) is 11.3. The molecule has 2 aromatic rings. The SMILES string of the molecule is CCc1ccccc1NC(=O)C1CC1C(=O)NCc1ccco1. The zero-order chi connectivity index (χ0) is 16.2. The maximum Gasteiger partial charge on any atom is 0.228 e. The van der Waals surface area contributed by atoms with Crippen LogP contribution in [0.2, 0.25) is 0 Å². The number of carbonyl (C=O) groups is 2. The molecule has 1 heterocycles. The van der Waals surface area contributed by atoms with E-state index >= 15 is 0 Å². The number of rotatable bonds is 6. The van der Waals surface area contributed by atoms with Gasteiger partial charge in [-0.25, -0.2) is 0 Å². The van der Waals surface area contributed by atoms with Gasteiger partial charge in [-0.15, -0.1) is 0 Å². The Morgan fingerprint density at radius 2 is 1.91 bits per heavy atom. The molecular formula is C18H20N2O3. The van der Waals surface area contributed by atoms with Crippen LogP contribution in [0, 0.1) is 11.8 Å². The van der Waals surface area contributed by atoms with Crippen molar-refractivity contribution in [1.82, 2.24) is 5.32 Å². The van der Waals surface area contributed by atoms with E-state index in [0.29, 0.717) is 18.7 Å². The average Bonchev–Trinajstić information content (AvgIpc) is 3.21. The fraction of sp³-hybridized carbons (Fsp3) is 0.333. The highest BCUT2D eigenvalue weighted by Gasteiger charge is 2.48. The van der Waals surface area contributed by atoms with Crippen molar-refractivity contribution in [3.63, 3.8) is 0 Å². The van der Waals surface area contributed by atoms with Gasteiger partial charge in [0.2, 0.25) is 11.8 Å². The average molecular weight is 312 g/mol. The Kier molecular flexibility index (Phi) is 4.46. The van der Waals surface area contributed by atoms with Gasteiger partial charge < -0.3 is 15.1 Å². The van der Waals surface area contributed by atoms with Crippen LogP contribution in [0.4, 0.5) is 5.69 Å². The van der Waals surface area contributed by atoms with Crippen molar-refractivity contribution in [1.29, 1.82) is 0 Å². The van der Waals surface area contributed by atoms with Gasteiger partial charge >= 0.3 is 0 Å². The predicted octanol–water partition coefficient (Wildman–Crippen LogP) is 2.73. The predicted molar refractivity (Wildman–Crippen MR) is 86.6 cm³/mol. The van der Waals surface area contributed by atoms with E-state index in [-0.39, 0.29) is 23.7 Å². The lowest BCUT2D eigenvalue weighted by molar-refractivity contribution is -0.125. The Balaban J connectivity index is 1.51. The highest BCUT2D eigenvalue weighted by atomic mass is 16.3. The van der Waals surface area contributed by atoms with Gasteiger partial charge in [0.1, 0.15) is 5.76 Å². The maximum absolute atomic E-state index is 12.3. The molecule has 0 spiro atoms. The molecule has 1 fully saturated rings. The van der Waals surface area contributed by atoms with E-state index < -0.39 is 0 Å². The lowest BCUT2D eigenvalue weighted by atomic mass is 10.1. The Hall–Kier alpha value is -2.56. The number of furan rings is 1. The van der Waals surface area contributed by atoms with Crippen LogP contribution in [0.15, 0.2) is 47.1 Å². The summed E-state index contributed by atoms with van der Waals surface area (Å²) in [4.78, 5) is 24.3. The molecule has 2 N–H and O–H groups in total. The standard InChI is InChI=1S/C18H20N2O3/c1-2-12-6-3-4-8-16(12)20-18(22)15-10-14(15)17(21)19-11-13-7-5-9-23-13/h3-9,14-15H,2,10-11H2,1H3,(H,19,21)(H,20,22). The molecule has 0 bridgehead atoms. The molecule has 0 radical (unpaired) electrons. The summed E-state index contributed by atoms with van der Waals surface area (Å²) in [5, 5.41) is 5.75. The van der Waals surface area contributed by atoms with Crippen LogP contribution in [0.25, 0.3) is 0 Å². The molecule has 0 aliphatic heterocycles. The molecule has 1 aromatic heterocycles. The minimum atomic E-state index is -0.239. The van der Waals surface area contributed by atoms with Crippen molar-refractivity contribution in [2.24, 2.45) is 11.8 Å². The summed E-state index contributed by atoms with van der Waals surface area (Å²) in [5.74, 6) is 0.0570. The zero-order valence-electron chi connectivity index (χ0n) is 13.0. The first kappa shape index (κ1) is 15.3. The van der Waals surface area contributed by atoms with Crippen molar-refractivity contribution < 1.29 is 14.0 Å². The Morgan fingerprint density at radius 3 is 2.65 bits per heavy atom. The Labute approximate surface area is 135 Å². The third-order valence-electron chi connectivity index (χ3n) is 4.14. The van der Waals surface area contributed by atoms with Crippen molar-refractivity contribution in [2.75, 3.05) is 5.32 Å². The van der Waals surface area contributed by atoms with Gasteiger partial charge in [-0.3, -0.25) is 9.59 Å². The van der Waals surface area contributed by atoms with Crippen LogP contribution in [0.5, 0.6) is 0 Å². The lowest BCUT2D eigenvalue weighted by Crippen LogP contribution is -2.27. The number of hydrogen-bond donors (Lipinski definition) is 2. The number of nitrogens with one attached hydrogen (secondary N) is 2. The van der Waals surface area contributed by atoms with Gasteiger partial charge in [-0.1, -0.05) is 25.1 Å². The Morgan fingerprint density at radius 1 is 1.13 bits per heavy atom. The van der Waals surface area contributed by atoms with Gasteiger partial charge in [0.25, 0.3) is 0 Å². The number of hydrogen-bond acceptors (Lipinski definition) is 3. The number of carbonyl (C=O) groups excluding carboxylic acids is 2. The first-order valence-corrected chi connectivity index (χ1v) is 7.88. The molecule has 23 heavy (non-hydrogen) atoms. The first-order chi connectivity index (χ1) is 11.2. The van der Waals surface area contributed by atoms with Crippen molar-refractivity contribution in [2.45, 2.75) is 26.3 Å². The maximum atomic E-state index is 12.3. The molecule has 2 unspecified atom stereocenters. The van der Waals surface area contributed by atoms with E-state index in [0.717, 1.165) is 17.7 Å². The van der Waals surface area contributed by atoms with Gasteiger partial charge in [-0.2, -0.15) is 0 Å². The van der Waals surface area contributed by atoms with Crippen LogP contribution in [0.1, 0.15) is 24.7 Å². The molecule has 5 nitrogen and oxygen atoms in total. The minimum Gasteiger partial charge on any atom is -0.467 e. The number of anilines is 1. The summed E-state index contributed by atoms with van der Waals surface area (Å²) < 4.78 is 5.17. The summed E-state index contributed by atoms with van der Waals surface area (Å²) in [6.07, 6.45) is 3.03. The molecule has 3 rings (SSSR count). The van der Waals surface area contributed by atoms with Gasteiger partial charge in [0, 0.05) is 5.69 Å². The van der Waals surface area contributed by atoms with E-state index in [1.54, 1.807) is 18.4 Å². The highest BCUT2D eigenvalue weighted by Crippen LogP contribution is 2.39. The van der Waals surface area contributed by atoms with E-state index in [1.807, 2.05) is 31.2 Å². The number of para-hydroxylation sites is 1.